The average Bonchev–Trinajstić information content (AvgIpc) is 2.61. The maximum Gasteiger partial charge on any atom is 0.407 e. The highest BCUT2D eigenvalue weighted by Gasteiger charge is 2.27. The number of likely N-dealkylation sites (N-methyl/N-ethyl adjacent to an activating group) is 1. The van der Waals surface area contributed by atoms with Crippen LogP contribution in [-0.2, 0) is 9.53 Å². The lowest BCUT2D eigenvalue weighted by atomic mass is 9.90. The molecule has 0 bridgehead atoms. The van der Waals surface area contributed by atoms with E-state index in [4.69, 9.17) is 4.74 Å². The summed E-state index contributed by atoms with van der Waals surface area (Å²) in [5.74, 6) is -0.406. The number of rotatable bonds is 6. The van der Waals surface area contributed by atoms with Crippen LogP contribution < -0.4 is 5.32 Å². The lowest BCUT2D eigenvalue weighted by molar-refractivity contribution is -0.130. The van der Waals surface area contributed by atoms with Gasteiger partial charge >= 0.3 is 6.09 Å². The van der Waals surface area contributed by atoms with Crippen molar-refractivity contribution in [1.82, 2.24) is 10.2 Å². The van der Waals surface area contributed by atoms with Crippen molar-refractivity contribution in [3.05, 3.63) is 71.8 Å². The van der Waals surface area contributed by atoms with E-state index in [1.807, 2.05) is 88.4 Å². The summed E-state index contributed by atoms with van der Waals surface area (Å²) in [6, 6.07) is 19.2. The first kappa shape index (κ1) is 21.5. The SMILES string of the molecule is C[C@@H](CN(C)C(=O)C(c1ccccc1)c1ccccc1)NC(=O)OC(C)(C)C. The van der Waals surface area contributed by atoms with E-state index in [9.17, 15) is 9.59 Å². The molecule has 2 amide bonds. The topological polar surface area (TPSA) is 58.6 Å². The third-order valence-electron chi connectivity index (χ3n) is 4.20. The van der Waals surface area contributed by atoms with E-state index in [0.29, 0.717) is 6.54 Å². The van der Waals surface area contributed by atoms with Crippen LogP contribution in [0.15, 0.2) is 60.7 Å². The van der Waals surface area contributed by atoms with E-state index < -0.39 is 11.7 Å². The second kappa shape index (κ2) is 9.40. The number of alkyl carbamates (subject to hydrolysis) is 1. The molecule has 0 aliphatic heterocycles. The van der Waals surface area contributed by atoms with Gasteiger partial charge in [0.15, 0.2) is 0 Å². The highest BCUT2D eigenvalue weighted by molar-refractivity contribution is 5.87. The smallest absolute Gasteiger partial charge is 0.407 e. The van der Waals surface area contributed by atoms with Crippen molar-refractivity contribution >= 4 is 12.0 Å². The Morgan fingerprint density at radius 1 is 0.964 bits per heavy atom. The number of hydrogen-bond acceptors (Lipinski definition) is 3. The second-order valence-electron chi connectivity index (χ2n) is 8.02. The van der Waals surface area contributed by atoms with Gasteiger partial charge in [-0.1, -0.05) is 60.7 Å². The van der Waals surface area contributed by atoms with Crippen LogP contribution in [0.25, 0.3) is 0 Å². The Bertz CT molecular complexity index is 730. The number of benzene rings is 2. The minimum absolute atomic E-state index is 0.0183. The average molecular weight is 383 g/mol. The van der Waals surface area contributed by atoms with Crippen molar-refractivity contribution in [2.45, 2.75) is 45.3 Å². The Labute approximate surface area is 167 Å². The summed E-state index contributed by atoms with van der Waals surface area (Å²) in [4.78, 5) is 26.9. The van der Waals surface area contributed by atoms with Crippen LogP contribution in [0.1, 0.15) is 44.7 Å². The van der Waals surface area contributed by atoms with Crippen molar-refractivity contribution in [2.24, 2.45) is 0 Å². The molecular formula is C23H30N2O3. The quantitative estimate of drug-likeness (QED) is 0.815. The van der Waals surface area contributed by atoms with E-state index >= 15 is 0 Å². The van der Waals surface area contributed by atoms with Gasteiger partial charge in [0.05, 0.1) is 5.92 Å². The summed E-state index contributed by atoms with van der Waals surface area (Å²) in [6.45, 7) is 7.69. The fourth-order valence-corrected chi connectivity index (χ4v) is 3.04. The lowest BCUT2D eigenvalue weighted by Gasteiger charge is -2.28. The van der Waals surface area contributed by atoms with Crippen LogP contribution in [-0.4, -0.2) is 42.1 Å². The van der Waals surface area contributed by atoms with Gasteiger partial charge < -0.3 is 15.0 Å². The van der Waals surface area contributed by atoms with Gasteiger partial charge in [-0.3, -0.25) is 4.79 Å². The highest BCUT2D eigenvalue weighted by atomic mass is 16.6. The van der Waals surface area contributed by atoms with E-state index in [-0.39, 0.29) is 17.9 Å². The fraction of sp³-hybridized carbons (Fsp3) is 0.391. The van der Waals surface area contributed by atoms with Crippen molar-refractivity contribution in [1.29, 1.82) is 0 Å². The summed E-state index contributed by atoms with van der Waals surface area (Å²) in [6.07, 6.45) is -0.483. The number of ether oxygens (including phenoxy) is 1. The zero-order chi connectivity index (χ0) is 20.7. The third kappa shape index (κ3) is 6.41. The monoisotopic (exact) mass is 382 g/mol. The molecule has 0 aromatic heterocycles. The fourth-order valence-electron chi connectivity index (χ4n) is 3.04. The molecular weight excluding hydrogens is 352 g/mol. The maximum absolute atomic E-state index is 13.3. The highest BCUT2D eigenvalue weighted by Crippen LogP contribution is 2.26. The number of amides is 2. The summed E-state index contributed by atoms with van der Waals surface area (Å²) in [5, 5.41) is 2.79. The van der Waals surface area contributed by atoms with E-state index in [0.717, 1.165) is 11.1 Å². The van der Waals surface area contributed by atoms with Crippen LogP contribution in [0, 0.1) is 0 Å². The van der Waals surface area contributed by atoms with Gasteiger partial charge in [-0.25, -0.2) is 4.79 Å². The van der Waals surface area contributed by atoms with E-state index in [1.165, 1.54) is 0 Å². The van der Waals surface area contributed by atoms with Gasteiger partial charge in [-0.2, -0.15) is 0 Å². The first-order valence-corrected chi connectivity index (χ1v) is 9.52. The summed E-state index contributed by atoms with van der Waals surface area (Å²) in [5.41, 5.74) is 1.33. The van der Waals surface area contributed by atoms with Gasteiger partial charge in [0, 0.05) is 19.6 Å². The molecule has 0 aliphatic rings. The molecule has 0 heterocycles. The van der Waals surface area contributed by atoms with Gasteiger partial charge in [0.1, 0.15) is 5.60 Å². The molecule has 2 rings (SSSR count). The maximum atomic E-state index is 13.3. The van der Waals surface area contributed by atoms with Gasteiger partial charge in [-0.05, 0) is 38.8 Å². The lowest BCUT2D eigenvalue weighted by Crippen LogP contribution is -2.45. The first-order chi connectivity index (χ1) is 13.2. The summed E-state index contributed by atoms with van der Waals surface area (Å²) < 4.78 is 5.28. The van der Waals surface area contributed by atoms with Crippen molar-refractivity contribution in [3.63, 3.8) is 0 Å². The molecule has 0 saturated carbocycles. The van der Waals surface area contributed by atoms with Gasteiger partial charge in [-0.15, -0.1) is 0 Å². The van der Waals surface area contributed by atoms with E-state index in [1.54, 1.807) is 11.9 Å². The zero-order valence-corrected chi connectivity index (χ0v) is 17.3. The third-order valence-corrected chi connectivity index (χ3v) is 4.20. The van der Waals surface area contributed by atoms with Crippen LogP contribution in [0.4, 0.5) is 4.79 Å². The van der Waals surface area contributed by atoms with Crippen LogP contribution in [0.2, 0.25) is 0 Å². The van der Waals surface area contributed by atoms with Crippen molar-refractivity contribution in [3.8, 4) is 0 Å². The molecule has 2 aromatic carbocycles. The zero-order valence-electron chi connectivity index (χ0n) is 17.3. The van der Waals surface area contributed by atoms with Crippen LogP contribution in [0.3, 0.4) is 0 Å². The Hall–Kier alpha value is -2.82. The van der Waals surface area contributed by atoms with Gasteiger partial charge in [0.25, 0.3) is 0 Å². The first-order valence-electron chi connectivity index (χ1n) is 9.52. The molecule has 1 N–H and O–H groups in total. The molecule has 5 nitrogen and oxygen atoms in total. The molecule has 0 fully saturated rings. The minimum atomic E-state index is -0.558. The summed E-state index contributed by atoms with van der Waals surface area (Å²) >= 11 is 0. The Morgan fingerprint density at radius 3 is 1.86 bits per heavy atom. The van der Waals surface area contributed by atoms with Gasteiger partial charge in [0.2, 0.25) is 5.91 Å². The summed E-state index contributed by atoms with van der Waals surface area (Å²) in [7, 11) is 1.76. The van der Waals surface area contributed by atoms with Crippen LogP contribution in [0.5, 0.6) is 0 Å². The molecule has 0 saturated heterocycles. The van der Waals surface area contributed by atoms with Crippen LogP contribution >= 0.6 is 0 Å². The second-order valence-corrected chi connectivity index (χ2v) is 8.02. The minimum Gasteiger partial charge on any atom is -0.444 e. The predicted molar refractivity (Wildman–Crippen MR) is 111 cm³/mol. The Morgan fingerprint density at radius 2 is 1.43 bits per heavy atom. The molecule has 5 heteroatoms. The normalized spacial score (nSPS) is 12.4. The Balaban J connectivity index is 2.10. The molecule has 2 aromatic rings. The molecule has 0 unspecified atom stereocenters. The molecule has 0 aliphatic carbocycles. The Kier molecular flexibility index (Phi) is 7.21. The largest absolute Gasteiger partial charge is 0.444 e. The van der Waals surface area contributed by atoms with Crippen molar-refractivity contribution < 1.29 is 14.3 Å². The van der Waals surface area contributed by atoms with E-state index in [2.05, 4.69) is 5.32 Å². The molecule has 150 valence electrons. The number of nitrogens with one attached hydrogen (secondary N) is 1. The number of carbonyl (C=O) groups is 2. The molecule has 1 atom stereocenters. The molecule has 28 heavy (non-hydrogen) atoms. The standard InChI is InChI=1S/C23H30N2O3/c1-17(24-22(27)28-23(2,3)4)16-25(5)21(26)20(18-12-8-6-9-13-18)19-14-10-7-11-15-19/h6-15,17,20H,16H2,1-5H3,(H,24,27)/t17-/m0/s1. The number of carbonyl (C=O) groups excluding carboxylic acids is 2. The molecule has 0 radical (unpaired) electrons. The number of hydrogen-bond donors (Lipinski definition) is 1. The molecule has 0 spiro atoms. The number of nitrogens with zero attached hydrogens (tertiary/aromatic N) is 1. The predicted octanol–water partition coefficient (Wildman–Crippen LogP) is 4.19. The van der Waals surface area contributed by atoms with Crippen molar-refractivity contribution in [2.75, 3.05) is 13.6 Å².